The van der Waals surface area contributed by atoms with Gasteiger partial charge >= 0.3 is 0 Å². The first-order valence-corrected chi connectivity index (χ1v) is 6.65. The Kier molecular flexibility index (Phi) is 3.99. The highest BCUT2D eigenvalue weighted by Crippen LogP contribution is 2.43. The van der Waals surface area contributed by atoms with E-state index < -0.39 is 0 Å². The van der Waals surface area contributed by atoms with E-state index in [0.717, 1.165) is 5.33 Å². The second kappa shape index (κ2) is 4.69. The van der Waals surface area contributed by atoms with Gasteiger partial charge in [-0.1, -0.05) is 74.0 Å². The summed E-state index contributed by atoms with van der Waals surface area (Å²) in [7, 11) is 0. The minimum Gasteiger partial charge on any atom is -0.0928 e. The molecular weight excluding hydrogens is 248 g/mol. The van der Waals surface area contributed by atoms with Gasteiger partial charge in [-0.3, -0.25) is 0 Å². The highest BCUT2D eigenvalue weighted by molar-refractivity contribution is 9.09. The Morgan fingerprint density at radius 2 is 1.53 bits per heavy atom. The van der Waals surface area contributed by atoms with Crippen LogP contribution in [-0.4, -0.2) is 5.33 Å². The van der Waals surface area contributed by atoms with E-state index in [-0.39, 0.29) is 5.41 Å². The number of halogens is 1. The van der Waals surface area contributed by atoms with Crippen LogP contribution in [0.3, 0.4) is 0 Å². The SMILES string of the molecule is CC(C)(CCBr)C(C)(C)c1ccccc1. The zero-order valence-electron chi connectivity index (χ0n) is 10.2. The summed E-state index contributed by atoms with van der Waals surface area (Å²) in [4.78, 5) is 0. The quantitative estimate of drug-likeness (QED) is 0.690. The van der Waals surface area contributed by atoms with Crippen LogP contribution >= 0.6 is 15.9 Å². The molecule has 1 rings (SSSR count). The molecule has 0 N–H and O–H groups in total. The maximum absolute atomic E-state index is 3.55. The lowest BCUT2D eigenvalue weighted by molar-refractivity contribution is 0.191. The van der Waals surface area contributed by atoms with Gasteiger partial charge in [-0.25, -0.2) is 0 Å². The minimum absolute atomic E-state index is 0.210. The lowest BCUT2D eigenvalue weighted by atomic mass is 9.63. The van der Waals surface area contributed by atoms with Crippen molar-refractivity contribution in [1.29, 1.82) is 0 Å². The van der Waals surface area contributed by atoms with E-state index in [1.807, 2.05) is 0 Å². The van der Waals surface area contributed by atoms with Gasteiger partial charge in [0.05, 0.1) is 0 Å². The second-order valence-electron chi connectivity index (χ2n) is 5.31. The molecule has 0 aliphatic heterocycles. The standard InChI is InChI=1S/C14H21Br/c1-13(2,10-11-15)14(3,4)12-8-6-5-7-9-12/h5-9H,10-11H2,1-4H3. The Morgan fingerprint density at radius 3 is 2.00 bits per heavy atom. The predicted octanol–water partition coefficient (Wildman–Crippen LogP) is 4.78. The van der Waals surface area contributed by atoms with Crippen LogP contribution in [0.2, 0.25) is 0 Å². The Bertz CT molecular complexity index is 298. The van der Waals surface area contributed by atoms with Crippen molar-refractivity contribution in [2.75, 3.05) is 5.33 Å². The lowest BCUT2D eigenvalue weighted by Crippen LogP contribution is -2.36. The van der Waals surface area contributed by atoms with Gasteiger partial charge in [0.25, 0.3) is 0 Å². The van der Waals surface area contributed by atoms with E-state index in [0.29, 0.717) is 5.41 Å². The third-order valence-corrected chi connectivity index (χ3v) is 4.30. The van der Waals surface area contributed by atoms with Gasteiger partial charge in [-0.2, -0.15) is 0 Å². The van der Waals surface area contributed by atoms with Crippen LogP contribution < -0.4 is 0 Å². The number of rotatable bonds is 4. The van der Waals surface area contributed by atoms with Gasteiger partial charge in [0.2, 0.25) is 0 Å². The first-order chi connectivity index (χ1) is 6.92. The summed E-state index contributed by atoms with van der Waals surface area (Å²) in [5.74, 6) is 0. The summed E-state index contributed by atoms with van der Waals surface area (Å²) in [6.45, 7) is 9.37. The van der Waals surface area contributed by atoms with Crippen molar-refractivity contribution in [3.05, 3.63) is 35.9 Å². The van der Waals surface area contributed by atoms with Crippen molar-refractivity contribution in [2.45, 2.75) is 39.5 Å². The molecule has 15 heavy (non-hydrogen) atoms. The molecule has 0 spiro atoms. The van der Waals surface area contributed by atoms with Crippen LogP contribution in [0.25, 0.3) is 0 Å². The molecule has 0 aliphatic rings. The fourth-order valence-electron chi connectivity index (χ4n) is 1.79. The van der Waals surface area contributed by atoms with Crippen LogP contribution in [-0.2, 0) is 5.41 Å². The summed E-state index contributed by atoms with van der Waals surface area (Å²) in [5, 5.41) is 1.07. The fraction of sp³-hybridized carbons (Fsp3) is 0.571. The summed E-state index contributed by atoms with van der Waals surface area (Å²) < 4.78 is 0. The summed E-state index contributed by atoms with van der Waals surface area (Å²) >= 11 is 3.55. The van der Waals surface area contributed by atoms with E-state index in [2.05, 4.69) is 74.0 Å². The molecule has 0 unspecified atom stereocenters. The zero-order valence-corrected chi connectivity index (χ0v) is 11.8. The van der Waals surface area contributed by atoms with Crippen LogP contribution in [0.4, 0.5) is 0 Å². The Labute approximate surface area is 102 Å². The van der Waals surface area contributed by atoms with Gasteiger partial charge in [-0.15, -0.1) is 0 Å². The minimum atomic E-state index is 0.210. The second-order valence-corrected chi connectivity index (χ2v) is 6.11. The third-order valence-electron chi connectivity index (χ3n) is 3.91. The maximum atomic E-state index is 3.55. The predicted molar refractivity (Wildman–Crippen MR) is 71.7 cm³/mol. The van der Waals surface area contributed by atoms with Gasteiger partial charge < -0.3 is 0 Å². The van der Waals surface area contributed by atoms with Crippen molar-refractivity contribution in [3.63, 3.8) is 0 Å². The maximum Gasteiger partial charge on any atom is 0.00367 e. The monoisotopic (exact) mass is 268 g/mol. The normalized spacial score (nSPS) is 12.9. The highest BCUT2D eigenvalue weighted by Gasteiger charge is 2.37. The van der Waals surface area contributed by atoms with Crippen molar-refractivity contribution < 1.29 is 0 Å². The van der Waals surface area contributed by atoms with Crippen molar-refractivity contribution in [3.8, 4) is 0 Å². The van der Waals surface area contributed by atoms with E-state index >= 15 is 0 Å². The molecule has 0 fully saturated rings. The molecule has 84 valence electrons. The molecule has 1 aromatic rings. The lowest BCUT2D eigenvalue weighted by Gasteiger charge is -2.42. The highest BCUT2D eigenvalue weighted by atomic mass is 79.9. The number of hydrogen-bond donors (Lipinski definition) is 0. The smallest absolute Gasteiger partial charge is 0.00367 e. The molecule has 0 aromatic heterocycles. The van der Waals surface area contributed by atoms with Crippen LogP contribution in [0.5, 0.6) is 0 Å². The largest absolute Gasteiger partial charge is 0.0928 e. The molecule has 1 aromatic carbocycles. The molecule has 1 heteroatoms. The molecule has 0 amide bonds. The molecule has 0 heterocycles. The van der Waals surface area contributed by atoms with Gasteiger partial charge in [0.15, 0.2) is 0 Å². The van der Waals surface area contributed by atoms with Gasteiger partial charge in [0, 0.05) is 5.33 Å². The van der Waals surface area contributed by atoms with E-state index in [1.54, 1.807) is 0 Å². The molecule has 0 atom stereocenters. The summed E-state index contributed by atoms with van der Waals surface area (Å²) in [6.07, 6.45) is 1.19. The molecule has 0 saturated heterocycles. The molecule has 0 aliphatic carbocycles. The average molecular weight is 269 g/mol. The van der Waals surface area contributed by atoms with E-state index in [9.17, 15) is 0 Å². The Hall–Kier alpha value is -0.300. The Balaban J connectivity index is 3.01. The van der Waals surface area contributed by atoms with Crippen LogP contribution in [0.1, 0.15) is 39.7 Å². The van der Waals surface area contributed by atoms with Crippen molar-refractivity contribution in [1.82, 2.24) is 0 Å². The number of benzene rings is 1. The first kappa shape index (κ1) is 12.8. The number of hydrogen-bond acceptors (Lipinski definition) is 0. The summed E-state index contributed by atoms with van der Waals surface area (Å²) in [6, 6.07) is 10.8. The van der Waals surface area contributed by atoms with E-state index in [4.69, 9.17) is 0 Å². The average Bonchev–Trinajstić information content (AvgIpc) is 2.19. The zero-order chi connectivity index (χ0) is 11.5. The molecule has 0 bridgehead atoms. The Morgan fingerprint density at radius 1 is 1.00 bits per heavy atom. The van der Waals surface area contributed by atoms with Gasteiger partial charge in [-0.05, 0) is 22.8 Å². The van der Waals surface area contributed by atoms with E-state index in [1.165, 1.54) is 12.0 Å². The third kappa shape index (κ3) is 2.63. The van der Waals surface area contributed by atoms with Crippen LogP contribution in [0.15, 0.2) is 30.3 Å². The molecule has 0 nitrogen and oxygen atoms in total. The summed E-state index contributed by atoms with van der Waals surface area (Å²) in [5.41, 5.74) is 1.94. The topological polar surface area (TPSA) is 0 Å². The first-order valence-electron chi connectivity index (χ1n) is 5.53. The molecule has 0 saturated carbocycles. The fourth-order valence-corrected chi connectivity index (χ4v) is 2.79. The molecular formula is C14H21Br. The van der Waals surface area contributed by atoms with Crippen LogP contribution in [0, 0.1) is 5.41 Å². The molecule has 0 radical (unpaired) electrons. The van der Waals surface area contributed by atoms with Crippen molar-refractivity contribution in [2.24, 2.45) is 5.41 Å². The van der Waals surface area contributed by atoms with Gasteiger partial charge in [0.1, 0.15) is 0 Å². The van der Waals surface area contributed by atoms with Crippen molar-refractivity contribution >= 4 is 15.9 Å². The number of alkyl halides is 1.